The van der Waals surface area contributed by atoms with Crippen LogP contribution >= 0.6 is 0 Å². The van der Waals surface area contributed by atoms with Crippen molar-refractivity contribution in [1.29, 1.82) is 0 Å². The molecule has 0 spiro atoms. The minimum absolute atomic E-state index is 0. The molecule has 0 heterocycles. The molecule has 0 rings (SSSR count). The zero-order chi connectivity index (χ0) is 28.6. The molecule has 0 saturated carbocycles. The van der Waals surface area contributed by atoms with Gasteiger partial charge in [-0.1, -0.05) is 0 Å². The summed E-state index contributed by atoms with van der Waals surface area (Å²) >= 11 is 0. The first-order chi connectivity index (χ1) is 13.9. The molecule has 0 fully saturated rings. The second-order valence-electron chi connectivity index (χ2n) is 2.00. The van der Waals surface area contributed by atoms with Crippen LogP contribution in [0.2, 0.25) is 0 Å². The van der Waals surface area contributed by atoms with Gasteiger partial charge in [0.2, 0.25) is 0 Å². The third kappa shape index (κ3) is 4150. The van der Waals surface area contributed by atoms with Gasteiger partial charge in [0.05, 0.1) is 0 Å². The van der Waals surface area contributed by atoms with Gasteiger partial charge < -0.3 is 156 Å². The van der Waals surface area contributed by atoms with Crippen molar-refractivity contribution in [2.24, 2.45) is 0 Å². The Morgan fingerprint density at radius 3 is 0.212 bits per heavy atom. The van der Waals surface area contributed by atoms with E-state index in [0.29, 0.717) is 0 Å². The van der Waals surface area contributed by atoms with Crippen LogP contribution in [0.1, 0.15) is 0 Å². The van der Waals surface area contributed by atoms with Gasteiger partial charge in [0.25, 0.3) is 0 Å². The quantitative estimate of drug-likeness (QED) is 0.203. The predicted octanol–water partition coefficient (Wildman–Crippen LogP) is -43.6. The van der Waals surface area contributed by atoms with Gasteiger partial charge >= 0.3 is 314 Å². The summed E-state index contributed by atoms with van der Waals surface area (Å²) in [4.78, 5) is 136. The van der Waals surface area contributed by atoms with E-state index in [0.717, 1.165) is 0 Å². The summed E-state index contributed by atoms with van der Waals surface area (Å²) < 4.78 is 68.1. The first-order valence-electron chi connectivity index (χ1n) is 4.90. The number of rotatable bonds is 0. The molecule has 0 amide bonds. The Labute approximate surface area is 532 Å². The normalized spacial score (nSPS) is 3.69. The molecule has 8 N–H and O–H groups in total. The predicted molar refractivity (Wildman–Crippen MR) is 84.3 cm³/mol. The van der Waals surface area contributed by atoms with Crippen LogP contribution in [-0.4, -0.2) is 169 Å². The summed E-state index contributed by atoms with van der Waals surface area (Å²) in [5.74, 6) is 0. The molecule has 271 valence electrons. The van der Waals surface area contributed by atoms with Gasteiger partial charge in [-0.3, -0.25) is 0 Å². The molecule has 0 aromatic carbocycles. The molecule has 0 saturated heterocycles. The van der Waals surface area contributed by atoms with E-state index in [-0.39, 0.29) is 358 Å². The topological polar surface area (TPSA) is 746 Å². The van der Waals surface area contributed by atoms with Crippen molar-refractivity contribution in [2.45, 2.75) is 0 Å². The zero-order valence-corrected chi connectivity index (χ0v) is 50.3. The van der Waals surface area contributed by atoms with Gasteiger partial charge in [-0.2, -0.15) is 0 Å². The fraction of sp³-hybridized carbons (Fsp3) is 0. The molecule has 0 aromatic rings. The van der Waals surface area contributed by atoms with Crippen LogP contribution in [0.5, 0.6) is 0 Å². The van der Waals surface area contributed by atoms with Crippen molar-refractivity contribution in [3.8, 4) is 0 Å². The minimum atomic E-state index is -3.63. The Kier molecular flexibility index (Phi) is 790. The van der Waals surface area contributed by atoms with Crippen molar-refractivity contribution < 1.29 is 418 Å². The van der Waals surface area contributed by atoms with Crippen LogP contribution in [0, 0.1) is 0 Å². The monoisotopic (exact) mass is 1130 g/mol. The van der Waals surface area contributed by atoms with Crippen molar-refractivity contribution in [3.63, 3.8) is 0 Å². The van der Waals surface area contributed by atoms with Gasteiger partial charge in [0, 0.05) is 73.4 Å². The number of hydrogen-bond donors (Lipinski definition) is 0. The van der Waals surface area contributed by atoms with E-state index in [1.807, 2.05) is 0 Å². The van der Waals surface area contributed by atoms with Gasteiger partial charge in [-0.25, -0.2) is 0 Å². The van der Waals surface area contributed by atoms with Crippen LogP contribution in [-0.2, 0) is 86.9 Å². The zero-order valence-electron chi connectivity index (χ0n) is 26.2. The van der Waals surface area contributed by atoms with Crippen LogP contribution < -0.4 is 287 Å². The molecule has 0 atom stereocenters. The molecule has 3 radical (unpaired) electrons. The van der Waals surface area contributed by atoms with Crippen molar-refractivity contribution in [1.82, 2.24) is 0 Å². The van der Waals surface area contributed by atoms with Crippen molar-refractivity contribution in [3.05, 3.63) is 0 Å². The fourth-order valence-electron chi connectivity index (χ4n) is 0. The maximum atomic E-state index is 8.52. The Morgan fingerprint density at radius 1 is 0.212 bits per heavy atom. The molecule has 52 heteroatoms. The Bertz CT molecular complexity index is 422. The first-order valence-corrected chi connectivity index (χ1v) is 14.7. The van der Waals surface area contributed by atoms with Crippen LogP contribution in [0.3, 0.4) is 0 Å². The molecule has 0 aliphatic heterocycles. The van der Waals surface area contributed by atoms with E-state index >= 15 is 0 Å². The van der Waals surface area contributed by atoms with E-state index in [1.165, 1.54) is 0 Å². The Morgan fingerprint density at radius 2 is 0.212 bits per heavy atom. The van der Waals surface area contributed by atoms with Gasteiger partial charge in [0.1, 0.15) is 0 Å². The second-order valence-corrected chi connectivity index (χ2v) is 6.00. The van der Waals surface area contributed by atoms with Gasteiger partial charge in [0.15, 0.2) is 0 Å². The standard InChI is InChI=1S/3Al.3Fe.3K.3Li.8O3Si.8H2O/c;;;;;;;;;;;;8*1-4(2)3;;;;;;;;/h;;;;;;;;;;;;;;;;;;;;8*1H2/q6*+3;6*+1;8*-2;;;;;;;;/p-8. The van der Waals surface area contributed by atoms with E-state index in [9.17, 15) is 0 Å². The molecule has 0 aliphatic carbocycles. The van der Waals surface area contributed by atoms with Gasteiger partial charge in [-0.15, -0.1) is 0 Å². The minimum Gasteiger partial charge on any atom is -0.870 e. The van der Waals surface area contributed by atoms with Crippen molar-refractivity contribution >= 4 is 125 Å². The molecular weight excluding hydrogens is 1120 g/mol. The first kappa shape index (κ1) is 208. The van der Waals surface area contributed by atoms with Crippen LogP contribution in [0.4, 0.5) is 0 Å². The van der Waals surface area contributed by atoms with Crippen LogP contribution in [0.25, 0.3) is 0 Å². The summed E-state index contributed by atoms with van der Waals surface area (Å²) in [7, 11) is -29.0. The van der Waals surface area contributed by atoms with E-state index in [4.69, 9.17) is 112 Å². The van der Waals surface area contributed by atoms with Gasteiger partial charge in [-0.05, 0) is 0 Å². The Hall–Kier alpha value is 6.47. The fourth-order valence-corrected chi connectivity index (χ4v) is 0. The summed E-state index contributed by atoms with van der Waals surface area (Å²) in [6.07, 6.45) is 0. The summed E-state index contributed by atoms with van der Waals surface area (Å²) in [5, 5.41) is 0. The average molecular weight is 1130 g/mol. The summed E-state index contributed by atoms with van der Waals surface area (Å²) in [6, 6.07) is 0. The van der Waals surface area contributed by atoms with Crippen molar-refractivity contribution in [2.75, 3.05) is 0 Å². The molecule has 0 aliphatic rings. The van der Waals surface area contributed by atoms with Crippen LogP contribution in [0.15, 0.2) is 0 Å². The van der Waals surface area contributed by atoms with E-state index in [2.05, 4.69) is 0 Å². The Balaban J connectivity index is -0.00000000462. The maximum absolute atomic E-state index is 8.52. The second kappa shape index (κ2) is 197. The largest absolute Gasteiger partial charge is 3.00 e. The third-order valence-electron chi connectivity index (χ3n) is 0. The SMILES string of the molecule is O=[Si]([O-])[O-].O=[Si]([O-])[O-].O=[Si]([O-])[O-].O=[Si]([O-])[O-].O=[Si]([O-])[O-].O=[Si]([O-])[O-].O=[Si]([O-])[O-].O=[Si]([O-])[O-].[Al+3].[Al+3].[Al+3].[Fe+3].[Fe+3].[Fe+3].[K+].[K+].[K+].[Li+].[Li+].[Li+].[OH-].[OH-].[OH-].[OH-].[OH-].[OH-].[OH-].[OH-]. The summed E-state index contributed by atoms with van der Waals surface area (Å²) in [6.45, 7) is 0. The average Bonchev–Trinajstić information content (AvgIpc) is 2.30. The number of hydrogen-bond acceptors (Lipinski definition) is 32. The molecule has 0 aromatic heterocycles. The summed E-state index contributed by atoms with van der Waals surface area (Å²) in [5.41, 5.74) is 0. The smallest absolute Gasteiger partial charge is 0.870 e. The molecule has 32 nitrogen and oxygen atoms in total. The van der Waals surface area contributed by atoms with E-state index in [1.54, 1.807) is 0 Å². The molecular formula is H8Al3Fe3K3Li3O32Si8. The van der Waals surface area contributed by atoms with E-state index < -0.39 is 73.4 Å². The third-order valence-corrected chi connectivity index (χ3v) is 0. The molecule has 0 unspecified atom stereocenters. The molecule has 52 heavy (non-hydrogen) atoms. The molecule has 0 bridgehead atoms. The maximum Gasteiger partial charge on any atom is 3.00 e.